The third-order valence-electron chi connectivity index (χ3n) is 2.62. The van der Waals surface area contributed by atoms with E-state index >= 15 is 0 Å². The molecule has 2 rings (SSSR count). The average Bonchev–Trinajstić information content (AvgIpc) is 2.42. The number of hydrogen-bond acceptors (Lipinski definition) is 2. The van der Waals surface area contributed by atoms with Gasteiger partial charge in [0.25, 0.3) is 0 Å². The summed E-state index contributed by atoms with van der Waals surface area (Å²) in [4.78, 5) is 0. The van der Waals surface area contributed by atoms with Gasteiger partial charge in [0.05, 0.1) is 0 Å². The molecule has 96 valence electrons. The van der Waals surface area contributed by atoms with Crippen molar-refractivity contribution >= 4 is 17.1 Å². The standard InChI is InChI=1S/C17H18N2/c1-3-7-14(2)18-16-10-12-17(13-11-16)19-15-8-5-4-6-9-15/h3-13,18-19H,2H2,1H3/b7-3-. The molecule has 0 amide bonds. The van der Waals surface area contributed by atoms with E-state index in [0.717, 1.165) is 22.8 Å². The largest absolute Gasteiger partial charge is 0.356 e. The van der Waals surface area contributed by atoms with Crippen molar-refractivity contribution in [3.63, 3.8) is 0 Å². The molecule has 0 aliphatic rings. The van der Waals surface area contributed by atoms with Gasteiger partial charge in [0.1, 0.15) is 0 Å². The molecule has 2 aromatic rings. The number of rotatable bonds is 5. The lowest BCUT2D eigenvalue weighted by Crippen LogP contribution is -1.95. The fourth-order valence-corrected chi connectivity index (χ4v) is 1.75. The van der Waals surface area contributed by atoms with Gasteiger partial charge in [0, 0.05) is 22.8 Å². The zero-order valence-corrected chi connectivity index (χ0v) is 11.1. The molecule has 0 aromatic heterocycles. The quantitative estimate of drug-likeness (QED) is 0.735. The molecule has 0 bridgehead atoms. The number of para-hydroxylation sites is 1. The summed E-state index contributed by atoms with van der Waals surface area (Å²) < 4.78 is 0. The molecule has 0 aliphatic carbocycles. The van der Waals surface area contributed by atoms with E-state index in [0.29, 0.717) is 0 Å². The minimum atomic E-state index is 0.881. The molecular weight excluding hydrogens is 232 g/mol. The van der Waals surface area contributed by atoms with E-state index in [2.05, 4.69) is 17.2 Å². The summed E-state index contributed by atoms with van der Waals surface area (Å²) >= 11 is 0. The molecule has 2 aromatic carbocycles. The van der Waals surface area contributed by atoms with E-state index in [9.17, 15) is 0 Å². The van der Waals surface area contributed by atoms with Gasteiger partial charge in [-0.15, -0.1) is 0 Å². The molecule has 0 atom stereocenters. The van der Waals surface area contributed by atoms with Crippen molar-refractivity contribution in [2.45, 2.75) is 6.92 Å². The third kappa shape index (κ3) is 4.03. The van der Waals surface area contributed by atoms with E-state index in [4.69, 9.17) is 0 Å². The van der Waals surface area contributed by atoms with Gasteiger partial charge in [-0.1, -0.05) is 30.9 Å². The SMILES string of the molecule is C=C(/C=C\C)Nc1ccc(Nc2ccccc2)cc1. The molecular formula is C17H18N2. The molecule has 0 spiro atoms. The summed E-state index contributed by atoms with van der Waals surface area (Å²) in [7, 11) is 0. The van der Waals surface area contributed by atoms with Crippen LogP contribution < -0.4 is 10.6 Å². The number of benzene rings is 2. The van der Waals surface area contributed by atoms with Crippen LogP contribution in [0, 0.1) is 0 Å². The monoisotopic (exact) mass is 250 g/mol. The first-order chi connectivity index (χ1) is 9.28. The number of allylic oxidation sites excluding steroid dienone is 2. The highest BCUT2D eigenvalue weighted by Crippen LogP contribution is 2.19. The minimum Gasteiger partial charge on any atom is -0.356 e. The van der Waals surface area contributed by atoms with Crippen molar-refractivity contribution in [3.05, 3.63) is 79.0 Å². The highest BCUT2D eigenvalue weighted by molar-refractivity contribution is 5.63. The first kappa shape index (κ1) is 13.0. The second kappa shape index (κ2) is 6.45. The Labute approximate surface area is 114 Å². The number of hydrogen-bond donors (Lipinski definition) is 2. The van der Waals surface area contributed by atoms with Crippen LogP contribution >= 0.6 is 0 Å². The molecule has 2 N–H and O–H groups in total. The van der Waals surface area contributed by atoms with Crippen LogP contribution in [0.2, 0.25) is 0 Å². The van der Waals surface area contributed by atoms with E-state index in [1.807, 2.05) is 73.7 Å². The van der Waals surface area contributed by atoms with Gasteiger partial charge < -0.3 is 10.6 Å². The first-order valence-corrected chi connectivity index (χ1v) is 6.28. The lowest BCUT2D eigenvalue weighted by atomic mass is 10.2. The highest BCUT2D eigenvalue weighted by atomic mass is 14.9. The van der Waals surface area contributed by atoms with Crippen LogP contribution in [-0.4, -0.2) is 0 Å². The first-order valence-electron chi connectivity index (χ1n) is 6.28. The fourth-order valence-electron chi connectivity index (χ4n) is 1.75. The molecule has 0 aliphatic heterocycles. The predicted octanol–water partition coefficient (Wildman–Crippen LogP) is 4.93. The Kier molecular flexibility index (Phi) is 4.40. The Morgan fingerprint density at radius 3 is 2.11 bits per heavy atom. The zero-order chi connectivity index (χ0) is 13.5. The molecule has 0 unspecified atom stereocenters. The van der Waals surface area contributed by atoms with Gasteiger partial charge in [-0.3, -0.25) is 0 Å². The fraction of sp³-hybridized carbons (Fsp3) is 0.0588. The summed E-state index contributed by atoms with van der Waals surface area (Å²) in [5.74, 6) is 0. The van der Waals surface area contributed by atoms with Gasteiger partial charge in [0.2, 0.25) is 0 Å². The van der Waals surface area contributed by atoms with Gasteiger partial charge in [-0.2, -0.15) is 0 Å². The molecule has 0 saturated carbocycles. The second-order valence-corrected chi connectivity index (χ2v) is 4.22. The van der Waals surface area contributed by atoms with Gasteiger partial charge >= 0.3 is 0 Å². The Hall–Kier alpha value is -2.48. The Balaban J connectivity index is 2.00. The van der Waals surface area contributed by atoms with E-state index in [1.54, 1.807) is 0 Å². The Bertz CT molecular complexity index is 554. The van der Waals surface area contributed by atoms with E-state index in [-0.39, 0.29) is 0 Å². The molecule has 0 saturated heterocycles. The summed E-state index contributed by atoms with van der Waals surface area (Å²) in [6, 6.07) is 18.3. The maximum atomic E-state index is 3.92. The average molecular weight is 250 g/mol. The molecule has 2 nitrogen and oxygen atoms in total. The van der Waals surface area contributed by atoms with Crippen molar-refractivity contribution < 1.29 is 0 Å². The molecule has 0 heterocycles. The molecule has 19 heavy (non-hydrogen) atoms. The van der Waals surface area contributed by atoms with Crippen LogP contribution in [0.5, 0.6) is 0 Å². The lowest BCUT2D eigenvalue weighted by Gasteiger charge is -2.09. The van der Waals surface area contributed by atoms with Crippen LogP contribution in [0.3, 0.4) is 0 Å². The minimum absolute atomic E-state index is 0.881. The van der Waals surface area contributed by atoms with E-state index < -0.39 is 0 Å². The zero-order valence-electron chi connectivity index (χ0n) is 11.1. The molecule has 0 fully saturated rings. The Morgan fingerprint density at radius 1 is 0.895 bits per heavy atom. The third-order valence-corrected chi connectivity index (χ3v) is 2.62. The van der Waals surface area contributed by atoms with Gasteiger partial charge in [-0.05, 0) is 49.4 Å². The highest BCUT2D eigenvalue weighted by Gasteiger charge is 1.95. The Morgan fingerprint density at radius 2 is 1.47 bits per heavy atom. The van der Waals surface area contributed by atoms with Crippen LogP contribution in [0.25, 0.3) is 0 Å². The van der Waals surface area contributed by atoms with E-state index in [1.165, 1.54) is 0 Å². The maximum Gasteiger partial charge on any atom is 0.0385 e. The van der Waals surface area contributed by atoms with Crippen molar-refractivity contribution in [1.82, 2.24) is 0 Å². The number of nitrogens with one attached hydrogen (secondary N) is 2. The van der Waals surface area contributed by atoms with Gasteiger partial charge in [0.15, 0.2) is 0 Å². The summed E-state index contributed by atoms with van der Waals surface area (Å²) in [6.07, 6.45) is 3.90. The molecule has 2 heteroatoms. The molecule has 0 radical (unpaired) electrons. The van der Waals surface area contributed by atoms with Crippen LogP contribution in [0.4, 0.5) is 17.1 Å². The van der Waals surface area contributed by atoms with Crippen molar-refractivity contribution in [2.24, 2.45) is 0 Å². The van der Waals surface area contributed by atoms with Crippen molar-refractivity contribution in [1.29, 1.82) is 0 Å². The van der Waals surface area contributed by atoms with Crippen molar-refractivity contribution in [3.8, 4) is 0 Å². The summed E-state index contributed by atoms with van der Waals surface area (Å²) in [5, 5.41) is 6.57. The second-order valence-electron chi connectivity index (χ2n) is 4.22. The van der Waals surface area contributed by atoms with Crippen LogP contribution in [-0.2, 0) is 0 Å². The lowest BCUT2D eigenvalue weighted by molar-refractivity contribution is 1.47. The summed E-state index contributed by atoms with van der Waals surface area (Å²) in [5.41, 5.74) is 4.06. The van der Waals surface area contributed by atoms with Crippen LogP contribution in [0.1, 0.15) is 6.92 Å². The predicted molar refractivity (Wildman–Crippen MR) is 83.7 cm³/mol. The summed E-state index contributed by atoms with van der Waals surface area (Å²) in [6.45, 7) is 5.89. The topological polar surface area (TPSA) is 24.1 Å². The maximum absolute atomic E-state index is 3.92. The van der Waals surface area contributed by atoms with Crippen LogP contribution in [0.15, 0.2) is 79.0 Å². The number of anilines is 3. The normalized spacial score (nSPS) is 10.4. The van der Waals surface area contributed by atoms with Crippen molar-refractivity contribution in [2.75, 3.05) is 10.6 Å². The van der Waals surface area contributed by atoms with Gasteiger partial charge in [-0.25, -0.2) is 0 Å². The smallest absolute Gasteiger partial charge is 0.0385 e.